The average molecular weight is 408 g/mol. The summed E-state index contributed by atoms with van der Waals surface area (Å²) < 4.78 is 10.7. The number of H-pyrrole nitrogens is 1. The van der Waals surface area contributed by atoms with E-state index in [9.17, 15) is 14.4 Å². The highest BCUT2D eigenvalue weighted by atomic mass is 79.9. The zero-order chi connectivity index (χ0) is 18.7. The lowest BCUT2D eigenvalue weighted by Gasteiger charge is -2.09. The number of Topliss-reactive ketones (excluding diaryl/α,β-unsaturated/α-hetero) is 2. The van der Waals surface area contributed by atoms with Gasteiger partial charge in [-0.3, -0.25) is 9.59 Å². The molecule has 0 radical (unpaired) electrons. The minimum atomic E-state index is -0.461. The SMILES string of the molecule is COC(=O)c1ccc(OCC(=O)c2[nH]c(C)c(C(C)=O)c2C)c(Br)c1. The quantitative estimate of drug-likeness (QED) is 0.583. The smallest absolute Gasteiger partial charge is 0.337 e. The Hall–Kier alpha value is -2.41. The van der Waals surface area contributed by atoms with E-state index in [-0.39, 0.29) is 18.2 Å². The van der Waals surface area contributed by atoms with E-state index in [2.05, 4.69) is 25.7 Å². The molecule has 0 aliphatic heterocycles. The summed E-state index contributed by atoms with van der Waals surface area (Å²) >= 11 is 3.30. The molecule has 0 saturated heterocycles. The van der Waals surface area contributed by atoms with Gasteiger partial charge in [-0.05, 0) is 60.5 Å². The maximum atomic E-state index is 12.4. The van der Waals surface area contributed by atoms with Gasteiger partial charge >= 0.3 is 5.97 Å². The molecule has 0 aliphatic rings. The van der Waals surface area contributed by atoms with Crippen molar-refractivity contribution in [1.29, 1.82) is 0 Å². The second-order valence-electron chi connectivity index (χ2n) is 5.53. The average Bonchev–Trinajstić information content (AvgIpc) is 2.87. The molecule has 1 aromatic carbocycles. The minimum absolute atomic E-state index is 0.0904. The Morgan fingerprint density at radius 3 is 2.40 bits per heavy atom. The van der Waals surface area contributed by atoms with Gasteiger partial charge in [0, 0.05) is 11.3 Å². The molecule has 0 saturated carbocycles. The topological polar surface area (TPSA) is 85.5 Å². The molecule has 0 aliphatic carbocycles. The van der Waals surface area contributed by atoms with Crippen LogP contribution in [0.4, 0.5) is 0 Å². The summed E-state index contributed by atoms with van der Waals surface area (Å²) in [4.78, 5) is 38.5. The maximum Gasteiger partial charge on any atom is 0.337 e. The van der Waals surface area contributed by atoms with Crippen LogP contribution in [0.25, 0.3) is 0 Å². The zero-order valence-corrected chi connectivity index (χ0v) is 15.9. The van der Waals surface area contributed by atoms with Gasteiger partial charge in [-0.2, -0.15) is 0 Å². The Labute approximate surface area is 153 Å². The number of carbonyl (C=O) groups excluding carboxylic acids is 3. The molecule has 0 bridgehead atoms. The van der Waals surface area contributed by atoms with Crippen LogP contribution in [0.15, 0.2) is 22.7 Å². The van der Waals surface area contributed by atoms with Crippen LogP contribution in [0.5, 0.6) is 5.75 Å². The fourth-order valence-electron chi connectivity index (χ4n) is 2.64. The molecule has 1 aromatic heterocycles. The number of rotatable bonds is 6. The van der Waals surface area contributed by atoms with Gasteiger partial charge in [-0.1, -0.05) is 0 Å². The molecule has 0 amide bonds. The molecule has 25 heavy (non-hydrogen) atoms. The number of nitrogens with one attached hydrogen (secondary N) is 1. The standard InChI is InChI=1S/C18H18BrNO5/c1-9-16(11(3)21)10(2)20-17(9)14(22)8-25-15-6-5-12(7-13(15)19)18(23)24-4/h5-7,20H,8H2,1-4H3. The van der Waals surface area contributed by atoms with E-state index in [0.29, 0.717) is 38.3 Å². The first kappa shape index (κ1) is 18.9. The summed E-state index contributed by atoms with van der Waals surface area (Å²) in [5.41, 5.74) is 2.56. The summed E-state index contributed by atoms with van der Waals surface area (Å²) in [7, 11) is 1.30. The monoisotopic (exact) mass is 407 g/mol. The molecule has 0 unspecified atom stereocenters. The van der Waals surface area contributed by atoms with Crippen molar-refractivity contribution in [2.24, 2.45) is 0 Å². The number of ketones is 2. The van der Waals surface area contributed by atoms with Crippen LogP contribution in [0, 0.1) is 13.8 Å². The Morgan fingerprint density at radius 2 is 1.88 bits per heavy atom. The summed E-state index contributed by atoms with van der Waals surface area (Å²) in [5.74, 6) is -0.393. The number of halogens is 1. The van der Waals surface area contributed by atoms with E-state index >= 15 is 0 Å². The molecule has 0 spiro atoms. The zero-order valence-electron chi connectivity index (χ0n) is 14.4. The first-order valence-corrected chi connectivity index (χ1v) is 8.29. The van der Waals surface area contributed by atoms with Crippen LogP contribution < -0.4 is 4.74 Å². The first-order chi connectivity index (χ1) is 11.8. The van der Waals surface area contributed by atoms with Crippen molar-refractivity contribution in [1.82, 2.24) is 4.98 Å². The van der Waals surface area contributed by atoms with Gasteiger partial charge < -0.3 is 14.5 Å². The van der Waals surface area contributed by atoms with Crippen LogP contribution in [-0.2, 0) is 4.74 Å². The van der Waals surface area contributed by atoms with Gasteiger partial charge in [0.05, 0.1) is 22.8 Å². The number of hydrogen-bond acceptors (Lipinski definition) is 5. The number of benzene rings is 1. The van der Waals surface area contributed by atoms with Crippen LogP contribution >= 0.6 is 15.9 Å². The molecule has 6 nitrogen and oxygen atoms in total. The molecule has 1 N–H and O–H groups in total. The van der Waals surface area contributed by atoms with Gasteiger partial charge in [-0.15, -0.1) is 0 Å². The first-order valence-electron chi connectivity index (χ1n) is 7.50. The van der Waals surface area contributed by atoms with Crippen molar-refractivity contribution < 1.29 is 23.9 Å². The Bertz CT molecular complexity index is 853. The molecular weight excluding hydrogens is 390 g/mol. The lowest BCUT2D eigenvalue weighted by atomic mass is 10.1. The van der Waals surface area contributed by atoms with E-state index in [1.807, 2.05) is 0 Å². The Morgan fingerprint density at radius 1 is 1.20 bits per heavy atom. The van der Waals surface area contributed by atoms with Crippen LogP contribution in [0.2, 0.25) is 0 Å². The predicted octanol–water partition coefficient (Wildman–Crippen LogP) is 3.64. The number of aromatic amines is 1. The summed E-state index contributed by atoms with van der Waals surface area (Å²) in [6.07, 6.45) is 0. The van der Waals surface area contributed by atoms with Gasteiger partial charge in [0.2, 0.25) is 5.78 Å². The van der Waals surface area contributed by atoms with Gasteiger partial charge in [0.1, 0.15) is 5.75 Å². The Balaban J connectivity index is 2.14. The van der Waals surface area contributed by atoms with Crippen LogP contribution in [0.1, 0.15) is 49.4 Å². The van der Waals surface area contributed by atoms with Crippen molar-refractivity contribution in [3.05, 3.63) is 50.8 Å². The number of methoxy groups -OCH3 is 1. The van der Waals surface area contributed by atoms with E-state index in [1.54, 1.807) is 32.0 Å². The van der Waals surface area contributed by atoms with E-state index < -0.39 is 5.97 Å². The third-order valence-electron chi connectivity index (χ3n) is 3.78. The normalized spacial score (nSPS) is 10.4. The molecule has 7 heteroatoms. The van der Waals surface area contributed by atoms with Crippen molar-refractivity contribution in [2.45, 2.75) is 20.8 Å². The second kappa shape index (κ2) is 7.65. The highest BCUT2D eigenvalue weighted by Gasteiger charge is 2.20. The molecule has 2 rings (SSSR count). The lowest BCUT2D eigenvalue weighted by Crippen LogP contribution is -2.14. The predicted molar refractivity (Wildman–Crippen MR) is 95.6 cm³/mol. The summed E-state index contributed by atoms with van der Waals surface area (Å²) in [5, 5.41) is 0. The fraction of sp³-hybridized carbons (Fsp3) is 0.278. The number of aryl methyl sites for hydroxylation is 1. The highest BCUT2D eigenvalue weighted by molar-refractivity contribution is 9.10. The number of esters is 1. The Kier molecular flexibility index (Phi) is 5.79. The molecule has 0 fully saturated rings. The highest BCUT2D eigenvalue weighted by Crippen LogP contribution is 2.27. The largest absolute Gasteiger partial charge is 0.484 e. The van der Waals surface area contributed by atoms with Crippen molar-refractivity contribution in [2.75, 3.05) is 13.7 Å². The number of carbonyl (C=O) groups is 3. The van der Waals surface area contributed by atoms with E-state index in [0.717, 1.165) is 0 Å². The van der Waals surface area contributed by atoms with Crippen molar-refractivity contribution >= 4 is 33.5 Å². The van der Waals surface area contributed by atoms with E-state index in [1.165, 1.54) is 14.0 Å². The third kappa shape index (κ3) is 3.99. The summed E-state index contributed by atoms with van der Waals surface area (Å²) in [6, 6.07) is 4.69. The minimum Gasteiger partial charge on any atom is -0.484 e. The number of aromatic nitrogens is 1. The third-order valence-corrected chi connectivity index (χ3v) is 4.40. The molecular formula is C18H18BrNO5. The number of hydrogen-bond donors (Lipinski definition) is 1. The fourth-order valence-corrected chi connectivity index (χ4v) is 3.13. The maximum absolute atomic E-state index is 12.4. The van der Waals surface area contributed by atoms with Crippen LogP contribution in [0.3, 0.4) is 0 Å². The van der Waals surface area contributed by atoms with Gasteiger partial charge in [0.25, 0.3) is 0 Å². The van der Waals surface area contributed by atoms with Crippen molar-refractivity contribution in [3.63, 3.8) is 0 Å². The lowest BCUT2D eigenvalue weighted by molar-refractivity contribution is 0.0600. The molecule has 132 valence electrons. The van der Waals surface area contributed by atoms with Gasteiger partial charge in [0.15, 0.2) is 12.4 Å². The van der Waals surface area contributed by atoms with Crippen molar-refractivity contribution in [3.8, 4) is 5.75 Å². The van der Waals surface area contributed by atoms with E-state index in [4.69, 9.17) is 4.74 Å². The van der Waals surface area contributed by atoms with Gasteiger partial charge in [-0.25, -0.2) is 4.79 Å². The summed E-state index contributed by atoms with van der Waals surface area (Å²) in [6.45, 7) is 4.75. The van der Waals surface area contributed by atoms with Crippen LogP contribution in [-0.4, -0.2) is 36.2 Å². The molecule has 1 heterocycles. The second-order valence-corrected chi connectivity index (χ2v) is 6.38. The molecule has 0 atom stereocenters. The molecule has 2 aromatic rings. The number of ether oxygens (including phenoxy) is 2.